The summed E-state index contributed by atoms with van der Waals surface area (Å²) in [4.78, 5) is 2.51. The molecule has 4 heterocycles. The van der Waals surface area contributed by atoms with E-state index in [9.17, 15) is 0 Å². The SMILES string of the molecule is CSC1=C(SC)SC(=C2SC=C(C(=C=C(C3=CSC(=C4SC(SC)=C(SC)S4)S3)c3ccccc3)c3ccccc3)S2)S1. The van der Waals surface area contributed by atoms with Crippen LogP contribution in [0.1, 0.15) is 11.1 Å². The Balaban J connectivity index is 1.40. The number of thioether (sulfide) groups is 12. The molecule has 0 bridgehead atoms. The molecule has 4 aliphatic heterocycles. The summed E-state index contributed by atoms with van der Waals surface area (Å²) in [5.74, 6) is 0. The summed E-state index contributed by atoms with van der Waals surface area (Å²) >= 11 is 22.6. The van der Waals surface area contributed by atoms with E-state index in [1.807, 2.05) is 141 Å². The molecule has 12 heteroatoms. The first-order chi connectivity index (χ1) is 21.1. The molecule has 0 radical (unpaired) electrons. The summed E-state index contributed by atoms with van der Waals surface area (Å²) in [7, 11) is 0. The van der Waals surface area contributed by atoms with Crippen LogP contribution in [0.2, 0.25) is 0 Å². The highest BCUT2D eigenvalue weighted by atomic mass is 32.3. The van der Waals surface area contributed by atoms with Crippen LogP contribution < -0.4 is 0 Å². The topological polar surface area (TPSA) is 0 Å². The smallest absolute Gasteiger partial charge is 0.0717 e. The normalized spacial score (nSPS) is 18.6. The predicted octanol–water partition coefficient (Wildman–Crippen LogP) is 14.3. The maximum atomic E-state index is 3.99. The third-order valence-electron chi connectivity index (χ3n) is 5.97. The van der Waals surface area contributed by atoms with Crippen LogP contribution >= 0.6 is 141 Å². The van der Waals surface area contributed by atoms with Crippen molar-refractivity contribution in [3.05, 3.63) is 132 Å². The third kappa shape index (κ3) is 7.85. The van der Waals surface area contributed by atoms with Crippen molar-refractivity contribution in [2.45, 2.75) is 0 Å². The molecule has 0 fully saturated rings. The molecule has 0 amide bonds. The minimum atomic E-state index is 1.15. The van der Waals surface area contributed by atoms with Crippen molar-refractivity contribution in [2.24, 2.45) is 0 Å². The van der Waals surface area contributed by atoms with Crippen LogP contribution in [0.4, 0.5) is 0 Å². The van der Waals surface area contributed by atoms with Gasteiger partial charge in [0, 0.05) is 21.0 Å². The van der Waals surface area contributed by atoms with E-state index in [2.05, 4.69) is 102 Å². The van der Waals surface area contributed by atoms with Crippen LogP contribution in [0.5, 0.6) is 0 Å². The third-order valence-corrected chi connectivity index (χ3v) is 22.2. The molecule has 0 saturated carbocycles. The van der Waals surface area contributed by atoms with Gasteiger partial charge in [0.25, 0.3) is 0 Å². The van der Waals surface area contributed by atoms with Gasteiger partial charge in [0.15, 0.2) is 0 Å². The minimum absolute atomic E-state index is 1.15. The van der Waals surface area contributed by atoms with Gasteiger partial charge in [-0.3, -0.25) is 0 Å². The molecule has 0 N–H and O–H groups in total. The molecule has 0 atom stereocenters. The van der Waals surface area contributed by atoms with Crippen LogP contribution in [0.15, 0.2) is 121 Å². The lowest BCUT2D eigenvalue weighted by Crippen LogP contribution is -1.88. The number of rotatable bonds is 8. The lowest BCUT2D eigenvalue weighted by atomic mass is 10.0. The van der Waals surface area contributed by atoms with E-state index in [0.29, 0.717) is 0 Å². The Labute approximate surface area is 305 Å². The van der Waals surface area contributed by atoms with Gasteiger partial charge >= 0.3 is 0 Å². The second-order valence-corrected chi connectivity index (χ2v) is 21.8. The zero-order valence-electron chi connectivity index (χ0n) is 23.3. The summed E-state index contributed by atoms with van der Waals surface area (Å²) in [6, 6.07) is 21.5. The number of benzene rings is 2. The van der Waals surface area contributed by atoms with Gasteiger partial charge in [0.1, 0.15) is 0 Å². The molecule has 0 unspecified atom stereocenters. The number of hydrogen-bond donors (Lipinski definition) is 0. The van der Waals surface area contributed by atoms with E-state index >= 15 is 0 Å². The predicted molar refractivity (Wildman–Crippen MR) is 222 cm³/mol. The molecule has 43 heavy (non-hydrogen) atoms. The lowest BCUT2D eigenvalue weighted by molar-refractivity contribution is 1.60. The fourth-order valence-electron chi connectivity index (χ4n) is 4.01. The zero-order chi connectivity index (χ0) is 29.8. The van der Waals surface area contributed by atoms with Crippen molar-refractivity contribution < 1.29 is 0 Å². The molecule has 0 saturated heterocycles. The first-order valence-electron chi connectivity index (χ1n) is 12.7. The Kier molecular flexibility index (Phi) is 12.6. The van der Waals surface area contributed by atoms with Crippen molar-refractivity contribution >= 4 is 152 Å². The molecule has 2 aromatic carbocycles. The Bertz CT molecular complexity index is 1510. The Morgan fingerprint density at radius 3 is 1.14 bits per heavy atom. The number of hydrogen-bond acceptors (Lipinski definition) is 12. The Morgan fingerprint density at radius 1 is 0.465 bits per heavy atom. The van der Waals surface area contributed by atoms with Crippen LogP contribution in [0.3, 0.4) is 0 Å². The van der Waals surface area contributed by atoms with Gasteiger partial charge < -0.3 is 0 Å². The van der Waals surface area contributed by atoms with Crippen LogP contribution in [0, 0.1) is 0 Å². The van der Waals surface area contributed by atoms with Gasteiger partial charge in [-0.05, 0) is 47.0 Å². The first kappa shape index (κ1) is 33.5. The first-order valence-corrected chi connectivity index (χ1v) is 24.2. The second-order valence-electron chi connectivity index (χ2n) is 8.54. The van der Waals surface area contributed by atoms with E-state index in [0.717, 1.165) is 11.1 Å². The van der Waals surface area contributed by atoms with Crippen molar-refractivity contribution in [1.82, 2.24) is 0 Å². The fourth-order valence-corrected chi connectivity index (χ4v) is 19.2. The van der Waals surface area contributed by atoms with E-state index < -0.39 is 0 Å². The molecule has 0 spiro atoms. The van der Waals surface area contributed by atoms with Crippen molar-refractivity contribution in [3.63, 3.8) is 0 Å². The molecule has 220 valence electrons. The van der Waals surface area contributed by atoms with Crippen LogP contribution in [-0.2, 0) is 0 Å². The summed E-state index contributed by atoms with van der Waals surface area (Å²) in [6.07, 6.45) is 8.71. The van der Waals surface area contributed by atoms with Gasteiger partial charge in [-0.1, -0.05) is 155 Å². The number of allylic oxidation sites excluding steroid dienone is 2. The van der Waals surface area contributed by atoms with Gasteiger partial charge in [0.2, 0.25) is 0 Å². The molecule has 0 nitrogen and oxygen atoms in total. The van der Waals surface area contributed by atoms with Crippen LogP contribution in [0.25, 0.3) is 11.1 Å². The summed E-state index contributed by atoms with van der Waals surface area (Å²) in [5, 5.41) is 4.65. The van der Waals surface area contributed by atoms with E-state index in [-0.39, 0.29) is 0 Å². The maximum Gasteiger partial charge on any atom is 0.0717 e. The van der Waals surface area contributed by atoms with Crippen LogP contribution in [-0.4, -0.2) is 25.0 Å². The molecule has 0 aliphatic carbocycles. The van der Waals surface area contributed by atoms with Gasteiger partial charge in [-0.2, -0.15) is 0 Å². The van der Waals surface area contributed by atoms with E-state index in [4.69, 9.17) is 0 Å². The highest BCUT2D eigenvalue weighted by molar-refractivity contribution is 8.43. The van der Waals surface area contributed by atoms with E-state index in [1.54, 1.807) is 0 Å². The van der Waals surface area contributed by atoms with Crippen molar-refractivity contribution in [1.29, 1.82) is 0 Å². The quantitative estimate of drug-likeness (QED) is 0.234. The lowest BCUT2D eigenvalue weighted by Gasteiger charge is -2.11. The van der Waals surface area contributed by atoms with Crippen molar-refractivity contribution in [3.8, 4) is 0 Å². The highest BCUT2D eigenvalue weighted by Crippen LogP contribution is 2.64. The van der Waals surface area contributed by atoms with Crippen molar-refractivity contribution in [2.75, 3.05) is 25.0 Å². The standard InChI is InChI=1S/C31H24S12/c1-32-24-25(33-2)41-30(40-24)28-36-16-22(38-28)20(18-11-7-5-8-12-18)15-21(19-13-9-6-10-14-19)23-17-37-29(39-23)31-42-26(34-3)27(35-4)43-31/h5-14,16-17H,1-4H3. The Morgan fingerprint density at radius 2 is 0.814 bits per heavy atom. The zero-order valence-corrected chi connectivity index (χ0v) is 33.1. The van der Waals surface area contributed by atoms with E-state index in [1.165, 1.54) is 54.8 Å². The molecule has 6 rings (SSSR count). The van der Waals surface area contributed by atoms with Gasteiger partial charge in [-0.25, -0.2) is 0 Å². The average molecular weight is 781 g/mol. The Hall–Kier alpha value is 0.600. The summed E-state index contributed by atoms with van der Waals surface area (Å²) < 4.78 is 11.2. The average Bonchev–Trinajstić information content (AvgIpc) is 3.87. The monoisotopic (exact) mass is 780 g/mol. The maximum absolute atomic E-state index is 3.99. The second kappa shape index (κ2) is 16.1. The largest absolute Gasteiger partial charge is 0.121 e. The minimum Gasteiger partial charge on any atom is -0.121 e. The van der Waals surface area contributed by atoms with Gasteiger partial charge in [-0.15, -0.1) is 52.8 Å². The molecule has 0 aromatic heterocycles. The molecule has 2 aromatic rings. The highest BCUT2D eigenvalue weighted by Gasteiger charge is 2.29. The summed E-state index contributed by atoms with van der Waals surface area (Å²) in [6.45, 7) is 0. The van der Waals surface area contributed by atoms with Gasteiger partial charge in [0.05, 0.1) is 33.9 Å². The molecular formula is C31H24S12. The molecule has 4 aliphatic rings. The fraction of sp³-hybridized carbons (Fsp3) is 0.129. The summed E-state index contributed by atoms with van der Waals surface area (Å²) in [5.41, 5.74) is 8.67. The molecular weight excluding hydrogens is 757 g/mol.